The van der Waals surface area contributed by atoms with Gasteiger partial charge in [0.05, 0.1) is 23.0 Å². The number of hydrogen-bond donors (Lipinski definition) is 0. The van der Waals surface area contributed by atoms with Crippen molar-refractivity contribution in [1.82, 2.24) is 4.90 Å². The number of carbonyl (C=O) groups excluding carboxylic acids is 1. The highest BCUT2D eigenvalue weighted by Crippen LogP contribution is 2.32. The van der Waals surface area contributed by atoms with E-state index < -0.39 is 16.4 Å². The topological polar surface area (TPSA) is 108 Å². The van der Waals surface area contributed by atoms with Crippen LogP contribution in [0.5, 0.6) is 5.75 Å². The Morgan fingerprint density at radius 1 is 1.35 bits per heavy atom. The van der Waals surface area contributed by atoms with Crippen LogP contribution >= 0.6 is 11.8 Å². The van der Waals surface area contributed by atoms with Gasteiger partial charge in [-0.15, -0.1) is 0 Å². The molecule has 1 saturated heterocycles. The lowest BCUT2D eigenvalue weighted by Crippen LogP contribution is -2.38. The van der Waals surface area contributed by atoms with Crippen LogP contribution in [0.4, 0.5) is 5.69 Å². The quantitative estimate of drug-likeness (QED) is 0.450. The molecule has 2 heterocycles. The summed E-state index contributed by atoms with van der Waals surface area (Å²) in [5.41, 5.74) is -0.0882. The maximum atomic E-state index is 12.0. The second-order valence-electron chi connectivity index (χ2n) is 4.89. The van der Waals surface area contributed by atoms with Gasteiger partial charge in [-0.05, 0) is 29.2 Å². The summed E-state index contributed by atoms with van der Waals surface area (Å²) < 4.78 is 5.26. The van der Waals surface area contributed by atoms with Crippen LogP contribution in [0.2, 0.25) is 0 Å². The van der Waals surface area contributed by atoms with Crippen molar-refractivity contribution in [3.05, 3.63) is 38.8 Å². The number of aliphatic imine (C=N–C) groups is 1. The molecular weight excluding hydrogens is 322 g/mol. The van der Waals surface area contributed by atoms with E-state index in [1.165, 1.54) is 23.9 Å². The minimum Gasteiger partial charge on any atom is -0.868 e. The molecule has 0 spiro atoms. The fourth-order valence-electron chi connectivity index (χ4n) is 2.21. The molecule has 0 saturated carbocycles. The van der Waals surface area contributed by atoms with Crippen molar-refractivity contribution in [2.75, 3.05) is 26.3 Å². The highest BCUT2D eigenvalue weighted by atomic mass is 32.2. The van der Waals surface area contributed by atoms with Crippen molar-refractivity contribution in [1.29, 1.82) is 0 Å². The number of rotatable bonds is 2. The van der Waals surface area contributed by atoms with Gasteiger partial charge in [-0.3, -0.25) is 14.9 Å². The largest absolute Gasteiger partial charge is 0.868 e. The lowest BCUT2D eigenvalue weighted by atomic mass is 10.1. The fraction of sp³-hybridized carbons (Fsp3) is 0.286. The van der Waals surface area contributed by atoms with Crippen molar-refractivity contribution in [2.24, 2.45) is 4.99 Å². The summed E-state index contributed by atoms with van der Waals surface area (Å²) in [5, 5.41) is 22.8. The summed E-state index contributed by atoms with van der Waals surface area (Å²) >= 11 is 1.22. The van der Waals surface area contributed by atoms with Crippen molar-refractivity contribution in [3.8, 4) is 5.75 Å². The predicted octanol–water partition coefficient (Wildman–Crippen LogP) is 0.971. The Bertz CT molecular complexity index is 725. The molecule has 8 nitrogen and oxygen atoms in total. The van der Waals surface area contributed by atoms with E-state index in [4.69, 9.17) is 4.74 Å². The average molecular weight is 334 g/mol. The summed E-state index contributed by atoms with van der Waals surface area (Å²) in [6.07, 6.45) is 1.51. The molecule has 1 aromatic carbocycles. The lowest BCUT2D eigenvalue weighted by Gasteiger charge is -2.27. The molecule has 0 aromatic heterocycles. The zero-order chi connectivity index (χ0) is 16.4. The number of amidine groups is 1. The van der Waals surface area contributed by atoms with E-state index in [1.54, 1.807) is 0 Å². The molecule has 0 bridgehead atoms. The van der Waals surface area contributed by atoms with E-state index in [1.807, 2.05) is 4.90 Å². The molecule has 23 heavy (non-hydrogen) atoms. The second-order valence-corrected chi connectivity index (χ2v) is 5.90. The van der Waals surface area contributed by atoms with Crippen LogP contribution in [0.25, 0.3) is 6.08 Å². The summed E-state index contributed by atoms with van der Waals surface area (Å²) in [4.78, 5) is 28.4. The second kappa shape index (κ2) is 6.39. The number of carbonyl (C=O) groups is 1. The van der Waals surface area contributed by atoms with Gasteiger partial charge in [-0.25, -0.2) is 0 Å². The van der Waals surface area contributed by atoms with E-state index in [2.05, 4.69) is 4.99 Å². The molecule has 2 aliphatic rings. The Morgan fingerprint density at radius 2 is 2.09 bits per heavy atom. The van der Waals surface area contributed by atoms with Crippen LogP contribution in [0, 0.1) is 10.1 Å². The van der Waals surface area contributed by atoms with Crippen LogP contribution in [0.1, 0.15) is 5.56 Å². The van der Waals surface area contributed by atoms with Crippen LogP contribution in [0.3, 0.4) is 0 Å². The number of amides is 1. The van der Waals surface area contributed by atoms with Gasteiger partial charge in [0.15, 0.2) is 5.17 Å². The van der Waals surface area contributed by atoms with E-state index in [0.717, 1.165) is 12.1 Å². The monoisotopic (exact) mass is 334 g/mol. The number of nitro groups is 1. The minimum atomic E-state index is -0.733. The zero-order valence-corrected chi connectivity index (χ0v) is 12.7. The number of hydrogen-bond acceptors (Lipinski definition) is 7. The Hall–Kier alpha value is -2.39. The number of nitro benzene ring substituents is 1. The SMILES string of the molecule is O=C1N=C(N2CCOCC2)S/C1=C/c1ccc([O-])c([N+](=O)[O-])c1. The van der Waals surface area contributed by atoms with Crippen molar-refractivity contribution < 1.29 is 19.6 Å². The first kappa shape index (κ1) is 15.5. The summed E-state index contributed by atoms with van der Waals surface area (Å²) in [5.74, 6) is -1.04. The average Bonchev–Trinajstić information content (AvgIpc) is 2.91. The maximum Gasteiger partial charge on any atom is 0.286 e. The third-order valence-corrected chi connectivity index (χ3v) is 4.41. The molecule has 1 fully saturated rings. The van der Waals surface area contributed by atoms with Crippen LogP contribution < -0.4 is 5.11 Å². The van der Waals surface area contributed by atoms with Crippen LogP contribution in [-0.4, -0.2) is 47.2 Å². The molecule has 1 aromatic rings. The molecule has 0 N–H and O–H groups in total. The first-order valence-electron chi connectivity index (χ1n) is 6.85. The molecule has 1 amide bonds. The molecule has 9 heteroatoms. The smallest absolute Gasteiger partial charge is 0.286 e. The number of ether oxygens (including phenoxy) is 1. The molecule has 0 atom stereocenters. The van der Waals surface area contributed by atoms with Crippen molar-refractivity contribution >= 4 is 34.6 Å². The number of thioether (sulfide) groups is 1. The number of benzene rings is 1. The maximum absolute atomic E-state index is 12.0. The standard InChI is InChI=1S/C14H13N3O5S/c18-11-2-1-9(7-10(11)17(20)21)8-12-13(19)15-14(23-12)16-3-5-22-6-4-16/h1-2,7-8,18H,3-6H2/p-1/b12-8+. The zero-order valence-electron chi connectivity index (χ0n) is 11.9. The molecule has 2 aliphatic heterocycles. The van der Waals surface area contributed by atoms with E-state index in [-0.39, 0.29) is 5.91 Å². The fourth-order valence-corrected chi connectivity index (χ4v) is 3.17. The molecule has 0 aliphatic carbocycles. The first-order valence-corrected chi connectivity index (χ1v) is 7.67. The summed E-state index contributed by atoms with van der Waals surface area (Å²) in [6.45, 7) is 2.51. The Labute approximate surface area is 135 Å². The van der Waals surface area contributed by atoms with Gasteiger partial charge in [-0.1, -0.05) is 12.1 Å². The highest BCUT2D eigenvalue weighted by molar-refractivity contribution is 8.18. The molecule has 120 valence electrons. The molecule has 0 radical (unpaired) electrons. The van der Waals surface area contributed by atoms with Crippen molar-refractivity contribution in [2.45, 2.75) is 0 Å². The van der Waals surface area contributed by atoms with Gasteiger partial charge in [0.25, 0.3) is 11.6 Å². The molecule has 3 rings (SSSR count). The normalized spacial score (nSPS) is 20.0. The van der Waals surface area contributed by atoms with Gasteiger partial charge >= 0.3 is 0 Å². The Morgan fingerprint density at radius 3 is 2.78 bits per heavy atom. The summed E-state index contributed by atoms with van der Waals surface area (Å²) in [6, 6.07) is 3.73. The van der Waals surface area contributed by atoms with Crippen LogP contribution in [-0.2, 0) is 9.53 Å². The Kier molecular flexibility index (Phi) is 4.30. The number of nitrogens with zero attached hydrogens (tertiary/aromatic N) is 3. The van der Waals surface area contributed by atoms with E-state index in [0.29, 0.717) is 41.9 Å². The number of morpholine rings is 1. The van der Waals surface area contributed by atoms with Gasteiger partial charge in [0.1, 0.15) is 0 Å². The minimum absolute atomic E-state index is 0.374. The van der Waals surface area contributed by atoms with E-state index in [9.17, 15) is 20.0 Å². The lowest BCUT2D eigenvalue weighted by molar-refractivity contribution is -0.398. The third kappa shape index (κ3) is 3.35. The van der Waals surface area contributed by atoms with E-state index >= 15 is 0 Å². The third-order valence-electron chi connectivity index (χ3n) is 3.37. The van der Waals surface area contributed by atoms with Gasteiger partial charge < -0.3 is 14.7 Å². The first-order chi connectivity index (χ1) is 11.0. The van der Waals surface area contributed by atoms with Gasteiger partial charge in [-0.2, -0.15) is 4.99 Å². The van der Waals surface area contributed by atoms with Gasteiger partial charge in [0.2, 0.25) is 0 Å². The van der Waals surface area contributed by atoms with Crippen molar-refractivity contribution in [3.63, 3.8) is 0 Å². The van der Waals surface area contributed by atoms with Gasteiger partial charge in [0, 0.05) is 19.2 Å². The molecule has 0 unspecified atom stereocenters. The highest BCUT2D eigenvalue weighted by Gasteiger charge is 2.27. The van der Waals surface area contributed by atoms with Crippen LogP contribution in [0.15, 0.2) is 28.1 Å². The predicted molar refractivity (Wildman–Crippen MR) is 82.9 cm³/mol. The Balaban J connectivity index is 1.80. The molecular formula is C14H12N3O5S-. The summed E-state index contributed by atoms with van der Waals surface area (Å²) in [7, 11) is 0.